The van der Waals surface area contributed by atoms with Gasteiger partial charge in [-0.2, -0.15) is 5.10 Å². The monoisotopic (exact) mass is 298 g/mol. The lowest BCUT2D eigenvalue weighted by molar-refractivity contribution is 0.555. The number of nitrogens with zero attached hydrogens (tertiary/aromatic N) is 1. The van der Waals surface area contributed by atoms with E-state index in [4.69, 9.17) is 0 Å². The first-order chi connectivity index (χ1) is 9.53. The van der Waals surface area contributed by atoms with E-state index in [9.17, 15) is 12.8 Å². The van der Waals surface area contributed by atoms with Crippen molar-refractivity contribution >= 4 is 10.0 Å². The van der Waals surface area contributed by atoms with Crippen LogP contribution >= 0.6 is 0 Å². The molecule has 0 aliphatic rings. The third-order valence-corrected chi connectivity index (χ3v) is 4.10. The molecular formula is C12H15FN4O2S. The third kappa shape index (κ3) is 3.41. The Bertz CT molecular complexity index is 671. The maximum Gasteiger partial charge on any atom is 0.243 e. The van der Waals surface area contributed by atoms with Gasteiger partial charge in [0.05, 0.1) is 6.20 Å². The second-order valence-electron chi connectivity index (χ2n) is 4.23. The van der Waals surface area contributed by atoms with Gasteiger partial charge in [-0.25, -0.2) is 17.5 Å². The van der Waals surface area contributed by atoms with Gasteiger partial charge in [-0.15, -0.1) is 0 Å². The summed E-state index contributed by atoms with van der Waals surface area (Å²) in [5.74, 6) is -0.774. The number of sulfonamides is 1. The summed E-state index contributed by atoms with van der Waals surface area (Å²) in [6.45, 7) is 0.513. The molecule has 3 N–H and O–H groups in total. The van der Waals surface area contributed by atoms with E-state index in [1.807, 2.05) is 0 Å². The number of aromatic amines is 1. The van der Waals surface area contributed by atoms with Crippen molar-refractivity contribution in [1.29, 1.82) is 0 Å². The lowest BCUT2D eigenvalue weighted by Gasteiger charge is -2.09. The first kappa shape index (κ1) is 14.6. The summed E-state index contributed by atoms with van der Waals surface area (Å²) in [6, 6.07) is 4.02. The van der Waals surface area contributed by atoms with Gasteiger partial charge in [0.1, 0.15) is 10.7 Å². The summed E-state index contributed by atoms with van der Waals surface area (Å²) in [5, 5.41) is 9.17. The molecule has 1 aromatic heterocycles. The van der Waals surface area contributed by atoms with E-state index >= 15 is 0 Å². The van der Waals surface area contributed by atoms with E-state index in [0.717, 1.165) is 6.07 Å². The predicted molar refractivity (Wildman–Crippen MR) is 71.8 cm³/mol. The van der Waals surface area contributed by atoms with Crippen LogP contribution in [0, 0.1) is 5.82 Å². The highest BCUT2D eigenvalue weighted by molar-refractivity contribution is 7.89. The topological polar surface area (TPSA) is 86.9 Å². The zero-order valence-electron chi connectivity index (χ0n) is 10.9. The van der Waals surface area contributed by atoms with Gasteiger partial charge in [0.15, 0.2) is 0 Å². The Hall–Kier alpha value is -1.77. The van der Waals surface area contributed by atoms with Gasteiger partial charge in [0.25, 0.3) is 0 Å². The van der Waals surface area contributed by atoms with Crippen LogP contribution in [0.5, 0.6) is 0 Å². The zero-order chi connectivity index (χ0) is 14.6. The lowest BCUT2D eigenvalue weighted by atomic mass is 10.2. The van der Waals surface area contributed by atoms with Crippen molar-refractivity contribution in [2.24, 2.45) is 0 Å². The van der Waals surface area contributed by atoms with Crippen LogP contribution < -0.4 is 10.0 Å². The summed E-state index contributed by atoms with van der Waals surface area (Å²) in [5.41, 5.74) is 1.36. The molecule has 1 aromatic carbocycles. The summed E-state index contributed by atoms with van der Waals surface area (Å²) < 4.78 is 40.3. The molecule has 0 aliphatic heterocycles. The number of hydrogen-bond donors (Lipinski definition) is 3. The van der Waals surface area contributed by atoms with Crippen molar-refractivity contribution in [3.63, 3.8) is 0 Å². The maximum absolute atomic E-state index is 13.7. The van der Waals surface area contributed by atoms with Crippen molar-refractivity contribution < 1.29 is 12.8 Å². The number of H-pyrrole nitrogens is 1. The predicted octanol–water partition coefficient (Wildman–Crippen LogP) is 0.747. The second-order valence-corrected chi connectivity index (χ2v) is 5.96. The lowest BCUT2D eigenvalue weighted by Crippen LogP contribution is -2.24. The van der Waals surface area contributed by atoms with Crippen molar-refractivity contribution in [3.8, 4) is 0 Å². The van der Waals surface area contributed by atoms with Gasteiger partial charge < -0.3 is 5.32 Å². The number of halogens is 1. The molecule has 0 spiro atoms. The number of aromatic nitrogens is 2. The molecule has 0 saturated carbocycles. The molecule has 6 nitrogen and oxygen atoms in total. The average molecular weight is 298 g/mol. The number of rotatable bonds is 6. The van der Waals surface area contributed by atoms with Crippen molar-refractivity contribution in [2.75, 3.05) is 7.05 Å². The third-order valence-electron chi connectivity index (χ3n) is 2.69. The molecule has 20 heavy (non-hydrogen) atoms. The summed E-state index contributed by atoms with van der Waals surface area (Å²) >= 11 is 0. The van der Waals surface area contributed by atoms with E-state index in [-0.39, 0.29) is 11.4 Å². The van der Waals surface area contributed by atoms with E-state index in [2.05, 4.69) is 20.2 Å². The van der Waals surface area contributed by atoms with Gasteiger partial charge in [-0.05, 0) is 24.7 Å². The average Bonchev–Trinajstić information content (AvgIpc) is 2.92. The quantitative estimate of drug-likeness (QED) is 0.734. The molecule has 1 heterocycles. The second kappa shape index (κ2) is 6.12. The number of hydrogen-bond acceptors (Lipinski definition) is 4. The van der Waals surface area contributed by atoms with E-state index in [1.165, 1.54) is 12.3 Å². The van der Waals surface area contributed by atoms with Crippen LogP contribution in [-0.2, 0) is 23.1 Å². The highest BCUT2D eigenvalue weighted by atomic mass is 32.2. The van der Waals surface area contributed by atoms with Crippen LogP contribution in [-0.4, -0.2) is 25.7 Å². The minimum absolute atomic E-state index is 0.0501. The van der Waals surface area contributed by atoms with Gasteiger partial charge in [0, 0.05) is 24.8 Å². The van der Waals surface area contributed by atoms with Crippen LogP contribution in [0.2, 0.25) is 0 Å². The van der Waals surface area contributed by atoms with Gasteiger partial charge in [-0.1, -0.05) is 6.07 Å². The highest BCUT2D eigenvalue weighted by Gasteiger charge is 2.19. The fraction of sp³-hybridized carbons (Fsp3) is 0.250. The minimum Gasteiger partial charge on any atom is -0.316 e. The molecule has 0 amide bonds. The number of nitrogens with one attached hydrogen (secondary N) is 3. The standard InChI is InChI=1S/C12H15FN4O2S/c1-14-5-9-2-3-11(13)12(4-9)20(18,19)17-8-10-6-15-16-7-10/h2-4,6-7,14,17H,5,8H2,1H3,(H,15,16). The minimum atomic E-state index is -3.90. The van der Waals surface area contributed by atoms with E-state index in [1.54, 1.807) is 19.3 Å². The Morgan fingerprint density at radius 1 is 1.30 bits per heavy atom. The summed E-state index contributed by atoms with van der Waals surface area (Å²) in [7, 11) is -2.17. The van der Waals surface area contributed by atoms with Crippen molar-refractivity contribution in [1.82, 2.24) is 20.2 Å². The molecule has 0 atom stereocenters. The Kier molecular flexibility index (Phi) is 4.48. The van der Waals surface area contributed by atoms with E-state index < -0.39 is 15.8 Å². The van der Waals surface area contributed by atoms with Crippen LogP contribution in [0.4, 0.5) is 4.39 Å². The van der Waals surface area contributed by atoms with Gasteiger partial charge in [0.2, 0.25) is 10.0 Å². The smallest absolute Gasteiger partial charge is 0.243 e. The molecule has 0 bridgehead atoms. The Morgan fingerprint density at radius 3 is 2.75 bits per heavy atom. The van der Waals surface area contributed by atoms with Crippen LogP contribution in [0.1, 0.15) is 11.1 Å². The first-order valence-corrected chi connectivity index (χ1v) is 7.41. The zero-order valence-corrected chi connectivity index (χ0v) is 11.7. The number of benzene rings is 1. The van der Waals surface area contributed by atoms with Crippen molar-refractivity contribution in [3.05, 3.63) is 47.5 Å². The Balaban J connectivity index is 2.21. The maximum atomic E-state index is 13.7. The molecule has 8 heteroatoms. The summed E-state index contributed by atoms with van der Waals surface area (Å²) in [4.78, 5) is -0.353. The summed E-state index contributed by atoms with van der Waals surface area (Å²) in [6.07, 6.45) is 3.06. The Labute approximate surface area is 116 Å². The molecule has 0 aliphatic carbocycles. The van der Waals surface area contributed by atoms with Crippen molar-refractivity contribution in [2.45, 2.75) is 18.0 Å². The molecule has 0 fully saturated rings. The van der Waals surface area contributed by atoms with Gasteiger partial charge in [-0.3, -0.25) is 5.10 Å². The molecular weight excluding hydrogens is 283 g/mol. The highest BCUT2D eigenvalue weighted by Crippen LogP contribution is 2.16. The molecule has 0 saturated heterocycles. The SMILES string of the molecule is CNCc1ccc(F)c(S(=O)(=O)NCc2cn[nH]c2)c1. The Morgan fingerprint density at radius 2 is 2.10 bits per heavy atom. The van der Waals surface area contributed by atoms with Crippen LogP contribution in [0.25, 0.3) is 0 Å². The van der Waals surface area contributed by atoms with Crippen LogP contribution in [0.15, 0.2) is 35.5 Å². The molecule has 2 aromatic rings. The largest absolute Gasteiger partial charge is 0.316 e. The molecule has 2 rings (SSSR count). The fourth-order valence-electron chi connectivity index (χ4n) is 1.70. The molecule has 108 valence electrons. The van der Waals surface area contributed by atoms with Gasteiger partial charge >= 0.3 is 0 Å². The van der Waals surface area contributed by atoms with E-state index in [0.29, 0.717) is 17.7 Å². The normalized spacial score (nSPS) is 11.7. The van der Waals surface area contributed by atoms with Crippen LogP contribution in [0.3, 0.4) is 0 Å². The molecule has 0 radical (unpaired) electrons. The molecule has 0 unspecified atom stereocenters. The fourth-order valence-corrected chi connectivity index (χ4v) is 2.84. The first-order valence-electron chi connectivity index (χ1n) is 5.93.